The lowest BCUT2D eigenvalue weighted by Gasteiger charge is -2.40. The lowest BCUT2D eigenvalue weighted by molar-refractivity contribution is -0.227. The molecule has 1 aromatic rings. The number of aliphatic hydroxyl groups is 4. The Labute approximate surface area is 135 Å². The van der Waals surface area contributed by atoms with Gasteiger partial charge in [0.25, 0.3) is 5.91 Å². The van der Waals surface area contributed by atoms with Crippen LogP contribution < -0.4 is 5.32 Å². The number of ether oxygens (including phenoxy) is 1. The standard InChI is InChI=1S/C14H18BrNO6/c15-8-3-1-7(2-4-8)14(21)16-5-9-11(18)13(20)12(19)10(6-17)22-9/h1-4,9-13,17-20H,5-6H2,(H,16,21)/t9?,10-,11+,12+,13+/m0/s1. The van der Waals surface area contributed by atoms with E-state index < -0.39 is 37.1 Å². The van der Waals surface area contributed by atoms with E-state index in [9.17, 15) is 20.1 Å². The first-order valence-electron chi connectivity index (χ1n) is 6.78. The largest absolute Gasteiger partial charge is 0.394 e. The first kappa shape index (κ1) is 17.3. The summed E-state index contributed by atoms with van der Waals surface area (Å²) in [6.07, 6.45) is -6.11. The van der Waals surface area contributed by atoms with Gasteiger partial charge >= 0.3 is 0 Å². The lowest BCUT2D eigenvalue weighted by atomic mass is 9.95. The average molecular weight is 376 g/mol. The molecular weight excluding hydrogens is 358 g/mol. The van der Waals surface area contributed by atoms with Crippen LogP contribution in [0.2, 0.25) is 0 Å². The van der Waals surface area contributed by atoms with E-state index in [1.165, 1.54) is 0 Å². The minimum atomic E-state index is -1.44. The van der Waals surface area contributed by atoms with Gasteiger partial charge in [0.1, 0.15) is 30.5 Å². The molecule has 1 aliphatic rings. The number of carbonyl (C=O) groups excluding carboxylic acids is 1. The SMILES string of the molecule is O=C(NCC1O[C@@H](CO)[C@@H](O)[C@H](O)[C@@H]1O)c1ccc(Br)cc1. The maximum atomic E-state index is 12.0. The summed E-state index contributed by atoms with van der Waals surface area (Å²) in [4.78, 5) is 12.0. The average Bonchev–Trinajstić information content (AvgIpc) is 2.52. The Morgan fingerprint density at radius 3 is 2.27 bits per heavy atom. The van der Waals surface area contributed by atoms with Crippen molar-refractivity contribution >= 4 is 21.8 Å². The summed E-state index contributed by atoms with van der Waals surface area (Å²) in [7, 11) is 0. The highest BCUT2D eigenvalue weighted by Gasteiger charge is 2.43. The van der Waals surface area contributed by atoms with Crippen LogP contribution in [0.4, 0.5) is 0 Å². The molecule has 0 saturated carbocycles. The second-order valence-electron chi connectivity index (χ2n) is 5.08. The van der Waals surface area contributed by atoms with Crippen LogP contribution in [-0.4, -0.2) is 70.0 Å². The van der Waals surface area contributed by atoms with Crippen LogP contribution >= 0.6 is 15.9 Å². The van der Waals surface area contributed by atoms with E-state index in [0.717, 1.165) is 4.47 Å². The summed E-state index contributed by atoms with van der Waals surface area (Å²) < 4.78 is 6.15. The van der Waals surface area contributed by atoms with Crippen molar-refractivity contribution in [3.8, 4) is 0 Å². The molecule has 0 aliphatic carbocycles. The molecule has 2 rings (SSSR count). The molecule has 1 fully saturated rings. The van der Waals surface area contributed by atoms with Crippen molar-refractivity contribution in [2.24, 2.45) is 0 Å². The molecule has 22 heavy (non-hydrogen) atoms. The van der Waals surface area contributed by atoms with Crippen LogP contribution in [0, 0.1) is 0 Å². The van der Waals surface area contributed by atoms with Gasteiger partial charge in [0, 0.05) is 16.6 Å². The van der Waals surface area contributed by atoms with Gasteiger partial charge in [-0.05, 0) is 24.3 Å². The number of benzene rings is 1. The predicted octanol–water partition coefficient (Wildman–Crippen LogP) is -0.979. The number of rotatable bonds is 4. The zero-order valence-corrected chi connectivity index (χ0v) is 13.2. The van der Waals surface area contributed by atoms with Gasteiger partial charge in [-0.1, -0.05) is 15.9 Å². The summed E-state index contributed by atoms with van der Waals surface area (Å²) in [6.45, 7) is -0.557. The summed E-state index contributed by atoms with van der Waals surface area (Å²) in [5.74, 6) is -0.357. The van der Waals surface area contributed by atoms with Gasteiger partial charge in [-0.3, -0.25) is 4.79 Å². The topological polar surface area (TPSA) is 119 Å². The Balaban J connectivity index is 1.95. The van der Waals surface area contributed by atoms with Gasteiger partial charge in [-0.2, -0.15) is 0 Å². The van der Waals surface area contributed by atoms with E-state index in [0.29, 0.717) is 5.56 Å². The lowest BCUT2D eigenvalue weighted by Crippen LogP contribution is -2.60. The number of amides is 1. The molecule has 1 saturated heterocycles. The quantitative estimate of drug-likeness (QED) is 0.461. The summed E-state index contributed by atoms with van der Waals surface area (Å²) in [5.41, 5.74) is 0.438. The minimum absolute atomic E-state index is 0.0592. The first-order chi connectivity index (χ1) is 10.4. The van der Waals surface area contributed by atoms with Crippen LogP contribution in [0.3, 0.4) is 0 Å². The highest BCUT2D eigenvalue weighted by molar-refractivity contribution is 9.10. The minimum Gasteiger partial charge on any atom is -0.394 e. The molecule has 122 valence electrons. The number of hydrogen-bond acceptors (Lipinski definition) is 6. The van der Waals surface area contributed by atoms with Crippen LogP contribution in [0.15, 0.2) is 28.7 Å². The third-order valence-electron chi connectivity index (χ3n) is 3.56. The third-order valence-corrected chi connectivity index (χ3v) is 4.09. The zero-order chi connectivity index (χ0) is 16.3. The molecule has 1 heterocycles. The molecule has 0 bridgehead atoms. The predicted molar refractivity (Wildman–Crippen MR) is 80.2 cm³/mol. The number of aliphatic hydroxyl groups excluding tert-OH is 4. The molecule has 0 aromatic heterocycles. The summed E-state index contributed by atoms with van der Waals surface area (Å²) in [5, 5.41) is 40.9. The van der Waals surface area contributed by atoms with Gasteiger partial charge in [-0.25, -0.2) is 0 Å². The van der Waals surface area contributed by atoms with Gasteiger partial charge in [0.15, 0.2) is 0 Å². The van der Waals surface area contributed by atoms with Crippen LogP contribution in [-0.2, 0) is 4.74 Å². The Morgan fingerprint density at radius 1 is 1.09 bits per heavy atom. The van der Waals surface area contributed by atoms with Crippen molar-refractivity contribution in [3.63, 3.8) is 0 Å². The Kier molecular flexibility index (Phi) is 5.90. The van der Waals surface area contributed by atoms with Gasteiger partial charge in [0.2, 0.25) is 0 Å². The summed E-state index contributed by atoms with van der Waals surface area (Å²) in [6, 6.07) is 6.71. The maximum Gasteiger partial charge on any atom is 0.251 e. The van der Waals surface area contributed by atoms with Crippen molar-refractivity contribution < 1.29 is 30.0 Å². The monoisotopic (exact) mass is 375 g/mol. The Morgan fingerprint density at radius 2 is 1.68 bits per heavy atom. The van der Waals surface area contributed by atoms with Crippen LogP contribution in [0.1, 0.15) is 10.4 Å². The van der Waals surface area contributed by atoms with E-state index in [2.05, 4.69) is 21.2 Å². The fourth-order valence-electron chi connectivity index (χ4n) is 2.24. The molecule has 8 heteroatoms. The molecule has 5 atom stereocenters. The fourth-order valence-corrected chi connectivity index (χ4v) is 2.51. The smallest absolute Gasteiger partial charge is 0.251 e. The van der Waals surface area contributed by atoms with Crippen molar-refractivity contribution in [2.45, 2.75) is 30.5 Å². The molecule has 1 amide bonds. The van der Waals surface area contributed by atoms with Crippen molar-refractivity contribution in [2.75, 3.05) is 13.2 Å². The highest BCUT2D eigenvalue weighted by Crippen LogP contribution is 2.20. The van der Waals surface area contributed by atoms with E-state index in [4.69, 9.17) is 9.84 Å². The van der Waals surface area contributed by atoms with E-state index >= 15 is 0 Å². The molecule has 7 nitrogen and oxygen atoms in total. The zero-order valence-electron chi connectivity index (χ0n) is 11.6. The second kappa shape index (κ2) is 7.49. The van der Waals surface area contributed by atoms with Crippen molar-refractivity contribution in [1.29, 1.82) is 0 Å². The molecule has 0 radical (unpaired) electrons. The van der Waals surface area contributed by atoms with E-state index in [1.807, 2.05) is 0 Å². The number of halogens is 1. The van der Waals surface area contributed by atoms with Crippen LogP contribution in [0.5, 0.6) is 0 Å². The third kappa shape index (κ3) is 3.83. The van der Waals surface area contributed by atoms with E-state index in [1.54, 1.807) is 24.3 Å². The fraction of sp³-hybridized carbons (Fsp3) is 0.500. The van der Waals surface area contributed by atoms with Gasteiger partial charge < -0.3 is 30.5 Å². The van der Waals surface area contributed by atoms with E-state index in [-0.39, 0.29) is 12.5 Å². The molecular formula is C14H18BrNO6. The van der Waals surface area contributed by atoms with Crippen LogP contribution in [0.25, 0.3) is 0 Å². The molecule has 5 N–H and O–H groups in total. The van der Waals surface area contributed by atoms with Crippen molar-refractivity contribution in [3.05, 3.63) is 34.3 Å². The van der Waals surface area contributed by atoms with Crippen molar-refractivity contribution in [1.82, 2.24) is 5.32 Å². The maximum absolute atomic E-state index is 12.0. The van der Waals surface area contributed by atoms with Gasteiger partial charge in [-0.15, -0.1) is 0 Å². The highest BCUT2D eigenvalue weighted by atomic mass is 79.9. The summed E-state index contributed by atoms with van der Waals surface area (Å²) >= 11 is 3.27. The Hall–Kier alpha value is -1.03. The Bertz CT molecular complexity index is 509. The molecule has 1 aliphatic heterocycles. The first-order valence-corrected chi connectivity index (χ1v) is 7.57. The normalized spacial score (nSPS) is 31.8. The molecule has 1 aromatic carbocycles. The number of nitrogens with one attached hydrogen (secondary N) is 1. The number of hydrogen-bond donors (Lipinski definition) is 5. The molecule has 1 unspecified atom stereocenters. The van der Waals surface area contributed by atoms with Gasteiger partial charge in [0.05, 0.1) is 6.61 Å². The second-order valence-corrected chi connectivity index (χ2v) is 6.00. The number of carbonyl (C=O) groups is 1. The molecule has 0 spiro atoms.